The number of amides is 2. The molecule has 166 valence electrons. The van der Waals surface area contributed by atoms with Crippen LogP contribution in [0.2, 0.25) is 0 Å². The monoisotopic (exact) mass is 432 g/mol. The fraction of sp³-hybridized carbons (Fsp3) is 0.400. The van der Waals surface area contributed by atoms with Crippen LogP contribution in [0, 0.1) is 0 Å². The van der Waals surface area contributed by atoms with Crippen molar-refractivity contribution in [2.45, 2.75) is 32.2 Å². The van der Waals surface area contributed by atoms with Crippen molar-refractivity contribution in [3.8, 4) is 0 Å². The number of morpholine rings is 1. The zero-order valence-corrected chi connectivity index (χ0v) is 18.4. The maximum absolute atomic E-state index is 13.0. The second kappa shape index (κ2) is 8.74. The van der Waals surface area contributed by atoms with Gasteiger partial charge in [-0.3, -0.25) is 9.59 Å². The number of ether oxygens (including phenoxy) is 1. The number of carbonyl (C=O) groups is 2. The van der Waals surface area contributed by atoms with Crippen LogP contribution in [0.4, 0.5) is 5.69 Å². The second-order valence-electron chi connectivity index (χ2n) is 8.46. The first kappa shape index (κ1) is 20.7. The maximum Gasteiger partial charge on any atom is 0.242 e. The topological polar surface area (TPSA) is 67.7 Å². The lowest BCUT2D eigenvalue weighted by Gasteiger charge is -2.27. The van der Waals surface area contributed by atoms with Crippen LogP contribution in [0.25, 0.3) is 11.0 Å². The SMILES string of the molecule is CCc1ccc(N2C[C@@H](c3nc4ccccc4n3CC(=O)N3CCOCC3)CC2=O)cc1. The third kappa shape index (κ3) is 3.88. The van der Waals surface area contributed by atoms with Gasteiger partial charge >= 0.3 is 0 Å². The molecule has 0 N–H and O–H groups in total. The average Bonchev–Trinajstić information content (AvgIpc) is 3.40. The van der Waals surface area contributed by atoms with E-state index in [0.717, 1.165) is 29.0 Å². The lowest BCUT2D eigenvalue weighted by atomic mass is 10.1. The van der Waals surface area contributed by atoms with Crippen molar-refractivity contribution in [2.24, 2.45) is 0 Å². The molecule has 5 rings (SSSR count). The number of carbonyl (C=O) groups excluding carboxylic acids is 2. The Hall–Kier alpha value is -3.19. The molecule has 7 heteroatoms. The highest BCUT2D eigenvalue weighted by molar-refractivity contribution is 5.96. The highest BCUT2D eigenvalue weighted by Crippen LogP contribution is 2.33. The molecule has 3 aromatic rings. The quantitative estimate of drug-likeness (QED) is 0.622. The van der Waals surface area contributed by atoms with Crippen molar-refractivity contribution in [1.82, 2.24) is 14.5 Å². The number of anilines is 1. The molecule has 1 atom stereocenters. The van der Waals surface area contributed by atoms with Crippen molar-refractivity contribution < 1.29 is 14.3 Å². The summed E-state index contributed by atoms with van der Waals surface area (Å²) in [5, 5.41) is 0. The van der Waals surface area contributed by atoms with Gasteiger partial charge in [-0.15, -0.1) is 0 Å². The predicted molar refractivity (Wildman–Crippen MR) is 123 cm³/mol. The Morgan fingerprint density at radius 1 is 1.09 bits per heavy atom. The van der Waals surface area contributed by atoms with Crippen LogP contribution in [0.15, 0.2) is 48.5 Å². The summed E-state index contributed by atoms with van der Waals surface area (Å²) in [4.78, 5) is 34.5. The third-order valence-corrected chi connectivity index (χ3v) is 6.49. The first-order chi connectivity index (χ1) is 15.6. The van der Waals surface area contributed by atoms with Gasteiger partial charge < -0.3 is 19.1 Å². The molecule has 0 radical (unpaired) electrons. The minimum atomic E-state index is -0.0572. The first-order valence-corrected chi connectivity index (χ1v) is 11.3. The molecule has 0 aliphatic carbocycles. The average molecular weight is 433 g/mol. The van der Waals surface area contributed by atoms with Crippen LogP contribution in [0.1, 0.15) is 30.7 Å². The third-order valence-electron chi connectivity index (χ3n) is 6.49. The molecule has 2 aliphatic rings. The second-order valence-corrected chi connectivity index (χ2v) is 8.46. The number of nitrogens with zero attached hydrogens (tertiary/aromatic N) is 4. The Balaban J connectivity index is 1.43. The van der Waals surface area contributed by atoms with Gasteiger partial charge in [0.25, 0.3) is 0 Å². The fourth-order valence-electron chi connectivity index (χ4n) is 4.66. The first-order valence-electron chi connectivity index (χ1n) is 11.3. The van der Waals surface area contributed by atoms with E-state index in [1.54, 1.807) is 0 Å². The van der Waals surface area contributed by atoms with E-state index in [-0.39, 0.29) is 24.3 Å². The highest BCUT2D eigenvalue weighted by atomic mass is 16.5. The Morgan fingerprint density at radius 3 is 2.59 bits per heavy atom. The zero-order valence-electron chi connectivity index (χ0n) is 18.4. The molecular weight excluding hydrogens is 404 g/mol. The van der Waals surface area contributed by atoms with E-state index < -0.39 is 0 Å². The highest BCUT2D eigenvalue weighted by Gasteiger charge is 2.35. The molecule has 2 amide bonds. The maximum atomic E-state index is 13.0. The van der Waals surface area contributed by atoms with E-state index in [4.69, 9.17) is 9.72 Å². The van der Waals surface area contributed by atoms with Gasteiger partial charge in [-0.1, -0.05) is 31.2 Å². The molecule has 32 heavy (non-hydrogen) atoms. The Labute approximate surface area is 187 Å². The van der Waals surface area contributed by atoms with Crippen molar-refractivity contribution in [2.75, 3.05) is 37.7 Å². The summed E-state index contributed by atoms with van der Waals surface area (Å²) in [5.41, 5.74) is 3.96. The lowest BCUT2D eigenvalue weighted by Crippen LogP contribution is -2.42. The minimum absolute atomic E-state index is 0.0572. The van der Waals surface area contributed by atoms with Crippen molar-refractivity contribution >= 4 is 28.5 Å². The zero-order chi connectivity index (χ0) is 22.1. The summed E-state index contributed by atoms with van der Waals surface area (Å²) in [6.45, 7) is 5.30. The number of fused-ring (bicyclic) bond motifs is 1. The van der Waals surface area contributed by atoms with E-state index in [1.165, 1.54) is 5.56 Å². The summed E-state index contributed by atoms with van der Waals surface area (Å²) in [6, 6.07) is 16.1. The van der Waals surface area contributed by atoms with Gasteiger partial charge in [0.15, 0.2) is 0 Å². The molecule has 0 saturated carbocycles. The normalized spacial score (nSPS) is 19.2. The van der Waals surface area contributed by atoms with Crippen LogP contribution in [0.3, 0.4) is 0 Å². The summed E-state index contributed by atoms with van der Waals surface area (Å²) < 4.78 is 7.39. The minimum Gasteiger partial charge on any atom is -0.378 e. The van der Waals surface area contributed by atoms with Crippen molar-refractivity contribution in [3.63, 3.8) is 0 Å². The van der Waals surface area contributed by atoms with E-state index in [1.807, 2.05) is 50.8 Å². The van der Waals surface area contributed by atoms with Gasteiger partial charge in [0.05, 0.1) is 24.2 Å². The van der Waals surface area contributed by atoms with Crippen LogP contribution < -0.4 is 4.90 Å². The molecule has 1 aromatic heterocycles. The number of imidazole rings is 1. The van der Waals surface area contributed by atoms with Gasteiger partial charge in [0, 0.05) is 37.7 Å². The van der Waals surface area contributed by atoms with Crippen molar-refractivity contribution in [3.05, 3.63) is 59.9 Å². The van der Waals surface area contributed by atoms with Gasteiger partial charge in [0.1, 0.15) is 12.4 Å². The number of rotatable bonds is 5. The fourth-order valence-corrected chi connectivity index (χ4v) is 4.66. The molecular formula is C25H28N4O3. The van der Waals surface area contributed by atoms with Gasteiger partial charge in [-0.2, -0.15) is 0 Å². The molecule has 0 unspecified atom stereocenters. The van der Waals surface area contributed by atoms with Gasteiger partial charge in [0.2, 0.25) is 11.8 Å². The molecule has 7 nitrogen and oxygen atoms in total. The van der Waals surface area contributed by atoms with Crippen LogP contribution in [-0.2, 0) is 27.3 Å². The van der Waals surface area contributed by atoms with Gasteiger partial charge in [-0.05, 0) is 36.2 Å². The van der Waals surface area contributed by atoms with Crippen LogP contribution in [-0.4, -0.2) is 59.1 Å². The predicted octanol–water partition coefficient (Wildman–Crippen LogP) is 2.98. The number of benzene rings is 2. The van der Waals surface area contributed by atoms with E-state index in [2.05, 4.69) is 19.1 Å². The number of aromatic nitrogens is 2. The number of aryl methyl sites for hydroxylation is 1. The Morgan fingerprint density at radius 2 is 1.84 bits per heavy atom. The summed E-state index contributed by atoms with van der Waals surface area (Å²) in [6.07, 6.45) is 1.36. The smallest absolute Gasteiger partial charge is 0.242 e. The summed E-state index contributed by atoms with van der Waals surface area (Å²) in [5.74, 6) is 0.915. The number of hydrogen-bond donors (Lipinski definition) is 0. The van der Waals surface area contributed by atoms with Crippen molar-refractivity contribution in [1.29, 1.82) is 0 Å². The van der Waals surface area contributed by atoms with E-state index >= 15 is 0 Å². The summed E-state index contributed by atoms with van der Waals surface area (Å²) in [7, 11) is 0. The Kier molecular flexibility index (Phi) is 5.66. The number of para-hydroxylation sites is 2. The molecule has 2 aliphatic heterocycles. The molecule has 2 fully saturated rings. The molecule has 2 saturated heterocycles. The number of hydrogen-bond acceptors (Lipinski definition) is 4. The molecule has 2 aromatic carbocycles. The Bertz CT molecular complexity index is 1130. The molecule has 0 bridgehead atoms. The van der Waals surface area contributed by atoms with Crippen LogP contribution >= 0.6 is 0 Å². The van der Waals surface area contributed by atoms with E-state index in [9.17, 15) is 9.59 Å². The molecule has 0 spiro atoms. The van der Waals surface area contributed by atoms with Gasteiger partial charge in [-0.25, -0.2) is 4.98 Å². The van der Waals surface area contributed by atoms with E-state index in [0.29, 0.717) is 39.3 Å². The van der Waals surface area contributed by atoms with Crippen LogP contribution in [0.5, 0.6) is 0 Å². The largest absolute Gasteiger partial charge is 0.378 e. The standard InChI is InChI=1S/C25H28N4O3/c1-2-18-7-9-20(10-8-18)28-16-19(15-23(28)30)25-26-21-5-3-4-6-22(21)29(25)17-24(31)27-11-13-32-14-12-27/h3-10,19H,2,11-17H2,1H3/t19-/m0/s1. The summed E-state index contributed by atoms with van der Waals surface area (Å²) >= 11 is 0. The molecule has 3 heterocycles. The lowest BCUT2D eigenvalue weighted by molar-refractivity contribution is -0.135.